The Hall–Kier alpha value is -2.90. The fourth-order valence-corrected chi connectivity index (χ4v) is 3.93. The van der Waals surface area contributed by atoms with E-state index in [0.717, 1.165) is 32.7 Å². The Labute approximate surface area is 176 Å². The van der Waals surface area contributed by atoms with E-state index in [9.17, 15) is 4.79 Å². The molecular weight excluding hydrogens is 380 g/mol. The smallest absolute Gasteiger partial charge is 0.258 e. The maximum absolute atomic E-state index is 12.6. The molecule has 158 valence electrons. The zero-order chi connectivity index (χ0) is 21.1. The molecule has 0 radical (unpaired) electrons. The topological polar surface area (TPSA) is 70.7 Å². The second-order valence-electron chi connectivity index (χ2n) is 7.72. The number of ether oxygens (including phenoxy) is 2. The highest BCUT2D eigenvalue weighted by Gasteiger charge is 2.19. The molecule has 1 N–H and O–H groups in total. The molecule has 30 heavy (non-hydrogen) atoms. The fourth-order valence-electron chi connectivity index (χ4n) is 3.93. The Kier molecular flexibility index (Phi) is 6.01. The fraction of sp³-hybridized carbons (Fsp3) is 0.391. The molecule has 0 aliphatic carbocycles. The number of H-pyrrole nitrogens is 1. The molecule has 0 saturated carbocycles. The number of aryl methyl sites for hydroxylation is 1. The molecule has 7 heteroatoms. The lowest BCUT2D eigenvalue weighted by molar-refractivity contribution is 0.120. The van der Waals surface area contributed by atoms with E-state index in [1.165, 1.54) is 11.1 Å². The molecule has 1 aromatic heterocycles. The Bertz CT molecular complexity index is 1090. The van der Waals surface area contributed by atoms with Gasteiger partial charge in [-0.25, -0.2) is 4.98 Å². The molecule has 0 spiro atoms. The predicted molar refractivity (Wildman–Crippen MR) is 117 cm³/mol. The van der Waals surface area contributed by atoms with Crippen LogP contribution >= 0.6 is 0 Å². The van der Waals surface area contributed by atoms with Crippen molar-refractivity contribution in [3.8, 4) is 11.5 Å². The summed E-state index contributed by atoms with van der Waals surface area (Å²) in [5, 5.41) is 0.499. The van der Waals surface area contributed by atoms with Crippen molar-refractivity contribution in [2.45, 2.75) is 20.0 Å². The van der Waals surface area contributed by atoms with E-state index >= 15 is 0 Å². The van der Waals surface area contributed by atoms with Gasteiger partial charge in [-0.1, -0.05) is 24.3 Å². The second kappa shape index (κ2) is 8.85. The van der Waals surface area contributed by atoms with Crippen LogP contribution in [0.3, 0.4) is 0 Å². The summed E-state index contributed by atoms with van der Waals surface area (Å²) in [5.74, 6) is 1.76. The van der Waals surface area contributed by atoms with Crippen LogP contribution in [0.25, 0.3) is 10.9 Å². The quantitative estimate of drug-likeness (QED) is 0.676. The van der Waals surface area contributed by atoms with Gasteiger partial charge in [0.2, 0.25) is 0 Å². The molecule has 3 aromatic rings. The van der Waals surface area contributed by atoms with Crippen LogP contribution in [0.15, 0.2) is 41.2 Å². The van der Waals surface area contributed by atoms with Crippen molar-refractivity contribution in [2.75, 3.05) is 40.4 Å². The number of aromatic amines is 1. The summed E-state index contributed by atoms with van der Waals surface area (Å²) in [6.45, 7) is 7.65. The first-order valence-electron chi connectivity index (χ1n) is 10.2. The first-order valence-corrected chi connectivity index (χ1v) is 10.2. The van der Waals surface area contributed by atoms with Crippen LogP contribution < -0.4 is 15.0 Å². The molecular formula is C23H28N4O3. The molecule has 1 saturated heterocycles. The first-order chi connectivity index (χ1) is 14.6. The van der Waals surface area contributed by atoms with Crippen molar-refractivity contribution in [1.29, 1.82) is 0 Å². The second-order valence-corrected chi connectivity index (χ2v) is 7.72. The number of benzene rings is 2. The number of aromatic nitrogens is 2. The van der Waals surface area contributed by atoms with Crippen LogP contribution in [-0.2, 0) is 13.1 Å². The maximum atomic E-state index is 12.6. The predicted octanol–water partition coefficient (Wildman–Crippen LogP) is 2.57. The summed E-state index contributed by atoms with van der Waals surface area (Å²) in [6.07, 6.45) is 0. The summed E-state index contributed by atoms with van der Waals surface area (Å²) in [7, 11) is 3.13. The largest absolute Gasteiger partial charge is 0.493 e. The van der Waals surface area contributed by atoms with E-state index in [4.69, 9.17) is 9.47 Å². The van der Waals surface area contributed by atoms with Crippen LogP contribution in [-0.4, -0.2) is 60.2 Å². The zero-order valence-electron chi connectivity index (χ0n) is 17.8. The Morgan fingerprint density at radius 3 is 2.27 bits per heavy atom. The van der Waals surface area contributed by atoms with Crippen molar-refractivity contribution in [3.05, 3.63) is 63.7 Å². The van der Waals surface area contributed by atoms with E-state index in [-0.39, 0.29) is 5.56 Å². The van der Waals surface area contributed by atoms with Gasteiger partial charge in [0.15, 0.2) is 11.5 Å². The number of nitrogens with zero attached hydrogens (tertiary/aromatic N) is 3. The van der Waals surface area contributed by atoms with Crippen molar-refractivity contribution in [3.63, 3.8) is 0 Å². The van der Waals surface area contributed by atoms with Gasteiger partial charge in [0.1, 0.15) is 5.82 Å². The van der Waals surface area contributed by atoms with Gasteiger partial charge in [0.25, 0.3) is 5.56 Å². The van der Waals surface area contributed by atoms with Crippen LogP contribution in [0.5, 0.6) is 11.5 Å². The monoisotopic (exact) mass is 408 g/mol. The molecule has 0 unspecified atom stereocenters. The Morgan fingerprint density at radius 2 is 1.60 bits per heavy atom. The number of hydrogen-bond donors (Lipinski definition) is 1. The minimum atomic E-state index is -0.158. The SMILES string of the molecule is COc1cc2nc(CN3CCN(Cc4ccccc4C)CC3)[nH]c(=O)c2cc1OC. The standard InChI is InChI=1S/C23H28N4O3/c1-16-6-4-5-7-17(16)14-26-8-10-27(11-9-26)15-22-24-19-13-21(30-3)20(29-2)12-18(19)23(28)25-22/h4-7,12-13H,8-11,14-15H2,1-3H3,(H,24,25,28). The maximum Gasteiger partial charge on any atom is 0.258 e. The van der Waals surface area contributed by atoms with Gasteiger partial charge in [-0.2, -0.15) is 0 Å². The number of nitrogens with one attached hydrogen (secondary N) is 1. The van der Waals surface area contributed by atoms with Crippen molar-refractivity contribution in [1.82, 2.24) is 19.8 Å². The summed E-state index contributed by atoms with van der Waals surface area (Å²) in [5.41, 5.74) is 3.18. The van der Waals surface area contributed by atoms with Crippen molar-refractivity contribution < 1.29 is 9.47 Å². The van der Waals surface area contributed by atoms with E-state index in [0.29, 0.717) is 34.8 Å². The zero-order valence-corrected chi connectivity index (χ0v) is 17.8. The van der Waals surface area contributed by atoms with Gasteiger partial charge in [0, 0.05) is 38.8 Å². The number of fused-ring (bicyclic) bond motifs is 1. The van der Waals surface area contributed by atoms with Crippen LogP contribution in [0.1, 0.15) is 17.0 Å². The lowest BCUT2D eigenvalue weighted by Gasteiger charge is -2.34. The Morgan fingerprint density at radius 1 is 0.967 bits per heavy atom. The molecule has 0 atom stereocenters. The number of methoxy groups -OCH3 is 2. The summed E-state index contributed by atoms with van der Waals surface area (Å²) < 4.78 is 10.6. The van der Waals surface area contributed by atoms with Crippen molar-refractivity contribution >= 4 is 10.9 Å². The molecule has 7 nitrogen and oxygen atoms in total. The minimum Gasteiger partial charge on any atom is -0.493 e. The highest BCUT2D eigenvalue weighted by atomic mass is 16.5. The van der Waals surface area contributed by atoms with Gasteiger partial charge >= 0.3 is 0 Å². The highest BCUT2D eigenvalue weighted by Crippen LogP contribution is 2.30. The molecule has 0 bridgehead atoms. The average Bonchev–Trinajstić information content (AvgIpc) is 2.76. The normalized spacial score (nSPS) is 15.4. The third-order valence-electron chi connectivity index (χ3n) is 5.75. The lowest BCUT2D eigenvalue weighted by atomic mass is 10.1. The molecule has 0 amide bonds. The third kappa shape index (κ3) is 4.32. The van der Waals surface area contributed by atoms with E-state index < -0.39 is 0 Å². The summed E-state index contributed by atoms with van der Waals surface area (Å²) in [6, 6.07) is 12.0. The summed E-state index contributed by atoms with van der Waals surface area (Å²) in [4.78, 5) is 25.0. The third-order valence-corrected chi connectivity index (χ3v) is 5.75. The van der Waals surface area contributed by atoms with Gasteiger partial charge < -0.3 is 14.5 Å². The van der Waals surface area contributed by atoms with Gasteiger partial charge in [-0.05, 0) is 24.1 Å². The van der Waals surface area contributed by atoms with E-state index in [1.54, 1.807) is 26.4 Å². The van der Waals surface area contributed by atoms with Gasteiger partial charge in [-0.3, -0.25) is 14.6 Å². The van der Waals surface area contributed by atoms with Crippen LogP contribution in [0.4, 0.5) is 0 Å². The van der Waals surface area contributed by atoms with E-state index in [2.05, 4.69) is 51.0 Å². The van der Waals surface area contributed by atoms with Gasteiger partial charge in [0.05, 0.1) is 31.7 Å². The summed E-state index contributed by atoms with van der Waals surface area (Å²) >= 11 is 0. The van der Waals surface area contributed by atoms with E-state index in [1.807, 2.05) is 0 Å². The Balaban J connectivity index is 1.43. The number of hydrogen-bond acceptors (Lipinski definition) is 6. The lowest BCUT2D eigenvalue weighted by Crippen LogP contribution is -2.45. The van der Waals surface area contributed by atoms with Gasteiger partial charge in [-0.15, -0.1) is 0 Å². The molecule has 4 rings (SSSR count). The molecule has 1 aliphatic heterocycles. The minimum absolute atomic E-state index is 0.158. The molecule has 2 heterocycles. The molecule has 1 fully saturated rings. The van der Waals surface area contributed by atoms with Crippen LogP contribution in [0, 0.1) is 6.92 Å². The highest BCUT2D eigenvalue weighted by molar-refractivity contribution is 5.81. The van der Waals surface area contributed by atoms with Crippen LogP contribution in [0.2, 0.25) is 0 Å². The number of piperazine rings is 1. The van der Waals surface area contributed by atoms with Crippen molar-refractivity contribution in [2.24, 2.45) is 0 Å². The number of rotatable bonds is 6. The average molecular weight is 409 g/mol. The molecule has 1 aliphatic rings. The molecule has 2 aromatic carbocycles. The first kappa shape index (κ1) is 20.4.